The summed E-state index contributed by atoms with van der Waals surface area (Å²) in [5, 5.41) is 2.48. The number of amides is 1. The summed E-state index contributed by atoms with van der Waals surface area (Å²) in [4.78, 5) is 23.4. The van der Waals surface area contributed by atoms with Crippen LogP contribution in [0.3, 0.4) is 0 Å². The summed E-state index contributed by atoms with van der Waals surface area (Å²) in [5.41, 5.74) is -0.743. The molecule has 0 fully saturated rings. The SMILES string of the molecule is CC(C)(C)CC(C)(C(=O)OCCCNC(=O)OS)C(C)(C)C. The first kappa shape index (κ1) is 21.1. The molecule has 0 radical (unpaired) electrons. The first-order valence-corrected chi connectivity index (χ1v) is 7.96. The zero-order valence-corrected chi connectivity index (χ0v) is 15.8. The van der Waals surface area contributed by atoms with E-state index in [1.807, 2.05) is 6.92 Å². The van der Waals surface area contributed by atoms with Crippen molar-refractivity contribution in [1.82, 2.24) is 5.32 Å². The normalized spacial score (nSPS) is 14.9. The van der Waals surface area contributed by atoms with Gasteiger partial charge in [0.1, 0.15) is 0 Å². The van der Waals surface area contributed by atoms with E-state index in [9.17, 15) is 9.59 Å². The molecule has 0 rings (SSSR count). The molecule has 0 heterocycles. The van der Waals surface area contributed by atoms with Gasteiger partial charge in [-0.05, 0) is 30.6 Å². The van der Waals surface area contributed by atoms with Gasteiger partial charge in [0, 0.05) is 19.5 Å². The third-order valence-electron chi connectivity index (χ3n) is 3.90. The quantitative estimate of drug-likeness (QED) is 0.334. The summed E-state index contributed by atoms with van der Waals surface area (Å²) in [7, 11) is 0. The van der Waals surface area contributed by atoms with Crippen molar-refractivity contribution in [1.29, 1.82) is 0 Å². The van der Waals surface area contributed by atoms with Crippen molar-refractivity contribution < 1.29 is 18.5 Å². The summed E-state index contributed by atoms with van der Waals surface area (Å²) in [6.07, 6.45) is 0.665. The van der Waals surface area contributed by atoms with Crippen LogP contribution in [0.2, 0.25) is 0 Å². The highest BCUT2D eigenvalue weighted by molar-refractivity contribution is 7.75. The van der Waals surface area contributed by atoms with Crippen LogP contribution in [-0.2, 0) is 13.7 Å². The summed E-state index contributed by atoms with van der Waals surface area (Å²) < 4.78 is 9.61. The Hall–Kier alpha value is -0.910. The second kappa shape index (κ2) is 8.09. The Labute approximate surface area is 140 Å². The van der Waals surface area contributed by atoms with Crippen LogP contribution in [-0.4, -0.2) is 25.2 Å². The van der Waals surface area contributed by atoms with Crippen molar-refractivity contribution >= 4 is 25.0 Å². The zero-order chi connectivity index (χ0) is 17.6. The van der Waals surface area contributed by atoms with Gasteiger partial charge in [0.15, 0.2) is 0 Å². The number of carbonyl (C=O) groups excluding carboxylic acids is 2. The van der Waals surface area contributed by atoms with Crippen molar-refractivity contribution in [3.63, 3.8) is 0 Å². The Kier molecular flexibility index (Phi) is 7.75. The number of hydrogen-bond acceptors (Lipinski definition) is 5. The molecule has 0 saturated heterocycles. The maximum Gasteiger partial charge on any atom is 0.419 e. The van der Waals surface area contributed by atoms with Crippen LogP contribution in [0.25, 0.3) is 0 Å². The van der Waals surface area contributed by atoms with Gasteiger partial charge < -0.3 is 14.2 Å². The third kappa shape index (κ3) is 6.90. The average Bonchev–Trinajstić information content (AvgIpc) is 2.34. The van der Waals surface area contributed by atoms with E-state index >= 15 is 0 Å². The predicted molar refractivity (Wildman–Crippen MR) is 90.7 cm³/mol. The highest BCUT2D eigenvalue weighted by Gasteiger charge is 2.47. The Morgan fingerprint density at radius 1 is 1.05 bits per heavy atom. The van der Waals surface area contributed by atoms with Crippen molar-refractivity contribution in [2.75, 3.05) is 13.2 Å². The van der Waals surface area contributed by atoms with Crippen LogP contribution in [0.5, 0.6) is 0 Å². The number of ether oxygens (including phenoxy) is 1. The molecule has 0 saturated carbocycles. The van der Waals surface area contributed by atoms with Crippen LogP contribution in [0.1, 0.15) is 61.3 Å². The van der Waals surface area contributed by atoms with Gasteiger partial charge in [0.2, 0.25) is 0 Å². The Morgan fingerprint density at radius 2 is 1.59 bits per heavy atom. The maximum atomic E-state index is 12.6. The van der Waals surface area contributed by atoms with Crippen LogP contribution in [0.15, 0.2) is 0 Å². The van der Waals surface area contributed by atoms with E-state index in [1.165, 1.54) is 0 Å². The minimum atomic E-state index is -0.609. The lowest BCUT2D eigenvalue weighted by molar-refractivity contribution is -0.164. The Bertz CT molecular complexity index is 385. The van der Waals surface area contributed by atoms with Crippen molar-refractivity contribution in [3.05, 3.63) is 0 Å². The number of thiol groups is 1. The second-order valence-electron chi connectivity index (χ2n) is 8.11. The van der Waals surface area contributed by atoms with Gasteiger partial charge in [-0.2, -0.15) is 0 Å². The summed E-state index contributed by atoms with van der Waals surface area (Å²) in [5.74, 6) is -0.188. The first-order chi connectivity index (χ1) is 9.83. The van der Waals surface area contributed by atoms with E-state index in [-0.39, 0.29) is 23.4 Å². The van der Waals surface area contributed by atoms with Crippen molar-refractivity contribution in [3.8, 4) is 0 Å². The van der Waals surface area contributed by atoms with Gasteiger partial charge in [0.05, 0.1) is 12.0 Å². The molecule has 6 heteroatoms. The lowest BCUT2D eigenvalue weighted by Gasteiger charge is -2.43. The summed E-state index contributed by atoms with van der Waals surface area (Å²) >= 11 is 3.38. The number of carbonyl (C=O) groups is 2. The van der Waals surface area contributed by atoms with Gasteiger partial charge in [-0.15, -0.1) is 0 Å². The fraction of sp³-hybridized carbons (Fsp3) is 0.875. The Morgan fingerprint density at radius 3 is 2.00 bits per heavy atom. The smallest absolute Gasteiger partial charge is 0.419 e. The third-order valence-corrected chi connectivity index (χ3v) is 4.06. The molecule has 130 valence electrons. The molecule has 0 aliphatic heterocycles. The Balaban J connectivity index is 4.58. The number of nitrogens with one attached hydrogen (secondary N) is 1. The monoisotopic (exact) mass is 333 g/mol. The average molecular weight is 333 g/mol. The first-order valence-electron chi connectivity index (χ1n) is 7.60. The van der Waals surface area contributed by atoms with Gasteiger partial charge in [-0.25, -0.2) is 4.79 Å². The number of esters is 1. The molecular weight excluding hydrogens is 302 g/mol. The van der Waals surface area contributed by atoms with E-state index in [4.69, 9.17) is 4.74 Å². The van der Waals surface area contributed by atoms with Gasteiger partial charge >= 0.3 is 12.1 Å². The van der Waals surface area contributed by atoms with E-state index in [0.717, 1.165) is 6.42 Å². The molecule has 1 unspecified atom stereocenters. The van der Waals surface area contributed by atoms with Crippen LogP contribution < -0.4 is 5.32 Å². The lowest BCUT2D eigenvalue weighted by atomic mass is 9.61. The van der Waals surface area contributed by atoms with Gasteiger partial charge in [0.25, 0.3) is 0 Å². The van der Waals surface area contributed by atoms with Crippen molar-refractivity contribution in [2.24, 2.45) is 16.2 Å². The number of hydrogen-bond donors (Lipinski definition) is 2. The summed E-state index contributed by atoms with van der Waals surface area (Å²) in [6.45, 7) is 15.2. The van der Waals surface area contributed by atoms with E-state index in [0.29, 0.717) is 13.0 Å². The highest BCUT2D eigenvalue weighted by atomic mass is 32.1. The lowest BCUT2D eigenvalue weighted by Crippen LogP contribution is -2.44. The van der Waals surface area contributed by atoms with E-state index in [1.54, 1.807) is 0 Å². The zero-order valence-electron chi connectivity index (χ0n) is 14.9. The molecule has 0 aliphatic carbocycles. The molecule has 1 amide bonds. The molecule has 1 atom stereocenters. The predicted octanol–water partition coefficient (Wildman–Crippen LogP) is 3.98. The molecule has 0 aromatic heterocycles. The topological polar surface area (TPSA) is 64.6 Å². The molecule has 0 aliphatic rings. The van der Waals surface area contributed by atoms with Gasteiger partial charge in [-0.3, -0.25) is 4.79 Å². The standard InChI is InChI=1S/C16H31NO4S/c1-14(2,3)11-16(7,15(4,5)6)12(18)20-10-8-9-17-13(19)21-22/h22H,8-11H2,1-7H3,(H,17,19). The minimum absolute atomic E-state index is 0.0267. The van der Waals surface area contributed by atoms with Crippen LogP contribution in [0, 0.1) is 16.2 Å². The van der Waals surface area contributed by atoms with E-state index in [2.05, 4.69) is 64.0 Å². The molecule has 1 N–H and O–H groups in total. The maximum absolute atomic E-state index is 12.6. The number of rotatable bonds is 6. The summed E-state index contributed by atoms with van der Waals surface area (Å²) in [6, 6.07) is 0. The van der Waals surface area contributed by atoms with Gasteiger partial charge in [-0.1, -0.05) is 41.5 Å². The fourth-order valence-electron chi connectivity index (χ4n) is 2.32. The van der Waals surface area contributed by atoms with Crippen LogP contribution in [0.4, 0.5) is 4.79 Å². The molecule has 5 nitrogen and oxygen atoms in total. The molecule has 22 heavy (non-hydrogen) atoms. The van der Waals surface area contributed by atoms with Crippen LogP contribution >= 0.6 is 12.9 Å². The largest absolute Gasteiger partial charge is 0.465 e. The minimum Gasteiger partial charge on any atom is -0.465 e. The highest BCUT2D eigenvalue weighted by Crippen LogP contribution is 2.47. The fourth-order valence-corrected chi connectivity index (χ4v) is 2.39. The molecular formula is C16H31NO4S. The second-order valence-corrected chi connectivity index (χ2v) is 8.30. The molecule has 0 aromatic rings. The molecule has 0 aromatic carbocycles. The van der Waals surface area contributed by atoms with E-state index < -0.39 is 11.5 Å². The van der Waals surface area contributed by atoms with Crippen molar-refractivity contribution in [2.45, 2.75) is 61.3 Å². The molecule has 0 spiro atoms. The molecule has 0 bridgehead atoms.